The second-order valence-electron chi connectivity index (χ2n) is 11.9. The second-order valence-corrected chi connectivity index (χ2v) is 11.9. The highest BCUT2D eigenvalue weighted by molar-refractivity contribution is 5.94. The van der Waals surface area contributed by atoms with Crippen molar-refractivity contribution in [2.24, 2.45) is 11.8 Å². The Morgan fingerprint density at radius 3 is 2.56 bits per heavy atom. The maximum Gasteiger partial charge on any atom is 0.278 e. The topological polar surface area (TPSA) is 104 Å². The van der Waals surface area contributed by atoms with E-state index >= 15 is 0 Å². The highest BCUT2D eigenvalue weighted by atomic mass is 16.2. The number of carbonyl (C=O) groups is 1. The molecule has 1 N–H and O–H groups in total. The minimum absolute atomic E-state index is 0.0524. The van der Waals surface area contributed by atoms with Crippen molar-refractivity contribution in [2.75, 3.05) is 54.9 Å². The van der Waals surface area contributed by atoms with Crippen molar-refractivity contribution >= 4 is 40.1 Å². The summed E-state index contributed by atoms with van der Waals surface area (Å²) in [7, 11) is 2.23. The predicted molar refractivity (Wildman–Crippen MR) is 168 cm³/mol. The predicted octanol–water partition coefficient (Wildman–Crippen LogP) is 3.81. The van der Waals surface area contributed by atoms with Crippen LogP contribution in [0.15, 0.2) is 66.1 Å². The van der Waals surface area contributed by atoms with Gasteiger partial charge >= 0.3 is 0 Å². The standard InChI is InChI=1S/C32H37N9O2/c1-3-15-40-31(43)26-19-33-32(36-30(26)41(40)28-7-4-6-27(35-28)39-16-5-8-29(39)42)34-24-9-11-25(12-10-24)38-18-14-22-20-37(2)17-13-23(22)21-38/h3-4,6-7,9-12,19,22-23H,1,5,8,13-18,20-21H2,2H3,(H,33,34,36). The zero-order chi connectivity index (χ0) is 29.5. The molecule has 11 nitrogen and oxygen atoms in total. The number of hydrogen-bond donors (Lipinski definition) is 1. The van der Waals surface area contributed by atoms with Crippen LogP contribution in [0.3, 0.4) is 0 Å². The fraction of sp³-hybridized carbons (Fsp3) is 0.406. The zero-order valence-electron chi connectivity index (χ0n) is 24.5. The van der Waals surface area contributed by atoms with E-state index in [9.17, 15) is 9.59 Å². The van der Waals surface area contributed by atoms with Crippen LogP contribution in [-0.2, 0) is 11.3 Å². The van der Waals surface area contributed by atoms with E-state index in [0.717, 1.165) is 37.0 Å². The average Bonchev–Trinajstić information content (AvgIpc) is 3.57. The number of aromatic nitrogens is 5. The summed E-state index contributed by atoms with van der Waals surface area (Å²) in [4.78, 5) is 46.4. The molecule has 3 aliphatic heterocycles. The number of allylic oxidation sites excluding steroid dienone is 1. The number of carbonyl (C=O) groups excluding carboxylic acids is 1. The van der Waals surface area contributed by atoms with Crippen LogP contribution in [0.25, 0.3) is 16.9 Å². The van der Waals surface area contributed by atoms with Gasteiger partial charge in [-0.15, -0.1) is 6.58 Å². The first-order valence-electron chi connectivity index (χ1n) is 15.2. The van der Waals surface area contributed by atoms with Gasteiger partial charge in [0.2, 0.25) is 11.9 Å². The molecule has 0 spiro atoms. The first-order valence-corrected chi connectivity index (χ1v) is 15.2. The van der Waals surface area contributed by atoms with E-state index in [1.165, 1.54) is 36.3 Å². The lowest BCUT2D eigenvalue weighted by atomic mass is 9.80. The molecule has 4 aromatic rings. The number of nitrogens with zero attached hydrogens (tertiary/aromatic N) is 8. The van der Waals surface area contributed by atoms with E-state index in [1.54, 1.807) is 21.9 Å². The van der Waals surface area contributed by atoms with Gasteiger partial charge in [0.1, 0.15) is 11.2 Å². The van der Waals surface area contributed by atoms with Crippen molar-refractivity contribution in [3.8, 4) is 5.82 Å². The molecule has 1 amide bonds. The summed E-state index contributed by atoms with van der Waals surface area (Å²) in [6.45, 7) is 9.34. The van der Waals surface area contributed by atoms with Gasteiger partial charge in [-0.1, -0.05) is 12.1 Å². The van der Waals surface area contributed by atoms with Crippen LogP contribution >= 0.6 is 0 Å². The lowest BCUT2D eigenvalue weighted by Crippen LogP contribution is -2.48. The van der Waals surface area contributed by atoms with E-state index in [-0.39, 0.29) is 18.0 Å². The number of benzene rings is 1. The molecule has 0 radical (unpaired) electrons. The van der Waals surface area contributed by atoms with E-state index in [2.05, 4.69) is 58.0 Å². The quantitative estimate of drug-likeness (QED) is 0.330. The Hall–Kier alpha value is -4.51. The van der Waals surface area contributed by atoms with Crippen LogP contribution in [0.5, 0.6) is 0 Å². The second kappa shape index (κ2) is 11.3. The van der Waals surface area contributed by atoms with Crippen LogP contribution in [0.4, 0.5) is 23.1 Å². The smallest absolute Gasteiger partial charge is 0.278 e. The number of fused-ring (bicyclic) bond motifs is 2. The molecule has 3 fully saturated rings. The number of piperidine rings is 2. The Bertz CT molecular complexity index is 1730. The van der Waals surface area contributed by atoms with Gasteiger partial charge in [0, 0.05) is 50.2 Å². The summed E-state index contributed by atoms with van der Waals surface area (Å²) in [6.07, 6.45) is 7.04. The van der Waals surface area contributed by atoms with Crippen molar-refractivity contribution in [3.05, 3.63) is 71.7 Å². The van der Waals surface area contributed by atoms with Crippen LogP contribution in [0, 0.1) is 11.8 Å². The lowest BCUT2D eigenvalue weighted by Gasteiger charge is -2.44. The van der Waals surface area contributed by atoms with Crippen molar-refractivity contribution in [1.29, 1.82) is 0 Å². The van der Waals surface area contributed by atoms with E-state index < -0.39 is 0 Å². The third-order valence-corrected chi connectivity index (χ3v) is 9.07. The normalized spacial score (nSPS) is 20.9. The molecule has 43 heavy (non-hydrogen) atoms. The average molecular weight is 580 g/mol. The first kappa shape index (κ1) is 27.3. The number of likely N-dealkylation sites (tertiary alicyclic amines) is 1. The zero-order valence-corrected chi connectivity index (χ0v) is 24.5. The molecular weight excluding hydrogens is 542 g/mol. The summed E-state index contributed by atoms with van der Waals surface area (Å²) < 4.78 is 3.22. The van der Waals surface area contributed by atoms with Gasteiger partial charge in [-0.2, -0.15) is 4.98 Å². The van der Waals surface area contributed by atoms with E-state index in [0.29, 0.717) is 41.6 Å². The molecule has 0 aliphatic carbocycles. The highest BCUT2D eigenvalue weighted by Crippen LogP contribution is 2.33. The molecule has 3 aromatic heterocycles. The number of anilines is 4. The summed E-state index contributed by atoms with van der Waals surface area (Å²) in [5, 5.41) is 3.69. The monoisotopic (exact) mass is 579 g/mol. The molecule has 222 valence electrons. The Labute approximate surface area is 250 Å². The van der Waals surface area contributed by atoms with Crippen molar-refractivity contribution in [2.45, 2.75) is 32.2 Å². The molecule has 1 aromatic carbocycles. The molecule has 3 aliphatic rings. The Morgan fingerprint density at radius 1 is 0.977 bits per heavy atom. The van der Waals surface area contributed by atoms with Crippen LogP contribution in [0.1, 0.15) is 25.7 Å². The van der Waals surface area contributed by atoms with E-state index in [4.69, 9.17) is 9.97 Å². The molecule has 0 bridgehead atoms. The summed E-state index contributed by atoms with van der Waals surface area (Å²) in [5.74, 6) is 3.06. The first-order chi connectivity index (χ1) is 21.0. The Morgan fingerprint density at radius 2 is 1.77 bits per heavy atom. The van der Waals surface area contributed by atoms with Gasteiger partial charge in [0.25, 0.3) is 5.56 Å². The van der Waals surface area contributed by atoms with Gasteiger partial charge in [-0.3, -0.25) is 14.5 Å². The third-order valence-electron chi connectivity index (χ3n) is 9.07. The molecule has 2 unspecified atom stereocenters. The molecule has 7 rings (SSSR count). The van der Waals surface area contributed by atoms with Gasteiger partial charge in [0.15, 0.2) is 11.5 Å². The number of nitrogens with one attached hydrogen (secondary N) is 1. The molecule has 6 heterocycles. The number of rotatable bonds is 7. The highest BCUT2D eigenvalue weighted by Gasteiger charge is 2.33. The SMILES string of the molecule is C=CCn1c(=O)c2cnc(Nc3ccc(N4CCC5CN(C)CCC5C4)cc3)nc2n1-c1cccc(N2CCCC2=O)n1. The maximum atomic E-state index is 13.4. The van der Waals surface area contributed by atoms with Gasteiger partial charge < -0.3 is 15.1 Å². The fourth-order valence-corrected chi connectivity index (χ4v) is 6.82. The van der Waals surface area contributed by atoms with Crippen molar-refractivity contribution < 1.29 is 4.79 Å². The van der Waals surface area contributed by atoms with Crippen LogP contribution in [-0.4, -0.2) is 74.9 Å². The Kier molecular flexibility index (Phi) is 7.18. The minimum atomic E-state index is -0.233. The summed E-state index contributed by atoms with van der Waals surface area (Å²) in [5.41, 5.74) is 2.30. The molecular formula is C32H37N9O2. The molecule has 3 saturated heterocycles. The van der Waals surface area contributed by atoms with E-state index in [1.807, 2.05) is 18.2 Å². The summed E-state index contributed by atoms with van der Waals surface area (Å²) >= 11 is 0. The fourth-order valence-electron chi connectivity index (χ4n) is 6.82. The van der Waals surface area contributed by atoms with Crippen LogP contribution < -0.4 is 20.7 Å². The lowest BCUT2D eigenvalue weighted by molar-refractivity contribution is -0.117. The minimum Gasteiger partial charge on any atom is -0.371 e. The Balaban J connectivity index is 1.16. The van der Waals surface area contributed by atoms with Gasteiger partial charge in [-0.25, -0.2) is 19.3 Å². The summed E-state index contributed by atoms with van der Waals surface area (Å²) in [6, 6.07) is 13.9. The number of pyridine rings is 1. The number of amides is 1. The molecule has 0 saturated carbocycles. The van der Waals surface area contributed by atoms with Crippen molar-refractivity contribution in [3.63, 3.8) is 0 Å². The van der Waals surface area contributed by atoms with Crippen molar-refractivity contribution in [1.82, 2.24) is 29.2 Å². The molecule has 11 heteroatoms. The van der Waals surface area contributed by atoms with Gasteiger partial charge in [-0.05, 0) is 81.1 Å². The van der Waals surface area contributed by atoms with Gasteiger partial charge in [0.05, 0.1) is 6.54 Å². The molecule has 2 atom stereocenters. The third kappa shape index (κ3) is 5.18. The maximum absolute atomic E-state index is 13.4. The number of hydrogen-bond acceptors (Lipinski definition) is 8. The largest absolute Gasteiger partial charge is 0.371 e. The van der Waals surface area contributed by atoms with Crippen LogP contribution in [0.2, 0.25) is 0 Å².